The SMILES string of the molecule is O=C(O)CC(NC(=O)C1N(C(=O)c2cccc(F)c2)CCN1C(=O)c1ccc(F)c(F)c1)c1ccc(F)cc1. The summed E-state index contributed by atoms with van der Waals surface area (Å²) >= 11 is 0. The number of rotatable bonds is 7. The monoisotopic (exact) mass is 543 g/mol. The molecule has 3 aromatic rings. The molecule has 1 aliphatic heterocycles. The number of hydrogen-bond acceptors (Lipinski definition) is 4. The number of nitrogens with zero attached hydrogens (tertiary/aromatic N) is 2. The average Bonchev–Trinajstić information content (AvgIpc) is 3.34. The van der Waals surface area contributed by atoms with Crippen molar-refractivity contribution in [2.75, 3.05) is 13.1 Å². The van der Waals surface area contributed by atoms with E-state index >= 15 is 0 Å². The van der Waals surface area contributed by atoms with Crippen LogP contribution in [0.4, 0.5) is 17.6 Å². The van der Waals surface area contributed by atoms with Crippen LogP contribution in [0.3, 0.4) is 0 Å². The topological polar surface area (TPSA) is 107 Å². The largest absolute Gasteiger partial charge is 0.481 e. The summed E-state index contributed by atoms with van der Waals surface area (Å²) in [5, 5.41) is 11.9. The van der Waals surface area contributed by atoms with E-state index in [1.54, 1.807) is 0 Å². The van der Waals surface area contributed by atoms with Crippen LogP contribution in [0.1, 0.15) is 38.7 Å². The zero-order chi connectivity index (χ0) is 28.3. The molecule has 202 valence electrons. The molecular weight excluding hydrogens is 522 g/mol. The van der Waals surface area contributed by atoms with Gasteiger partial charge >= 0.3 is 5.97 Å². The Bertz CT molecular complexity index is 1430. The van der Waals surface area contributed by atoms with Crippen LogP contribution in [-0.4, -0.2) is 57.9 Å². The molecule has 1 heterocycles. The highest BCUT2D eigenvalue weighted by atomic mass is 19.2. The first-order chi connectivity index (χ1) is 18.5. The lowest BCUT2D eigenvalue weighted by atomic mass is 10.0. The summed E-state index contributed by atoms with van der Waals surface area (Å²) in [5.74, 6) is -7.76. The van der Waals surface area contributed by atoms with E-state index in [0.29, 0.717) is 6.07 Å². The van der Waals surface area contributed by atoms with Gasteiger partial charge in [0.05, 0.1) is 12.5 Å². The van der Waals surface area contributed by atoms with Gasteiger partial charge in [0.25, 0.3) is 17.7 Å². The Labute approximate surface area is 219 Å². The lowest BCUT2D eigenvalue weighted by Gasteiger charge is -2.31. The third-order valence-electron chi connectivity index (χ3n) is 6.13. The second-order valence-electron chi connectivity index (χ2n) is 8.72. The van der Waals surface area contributed by atoms with Gasteiger partial charge < -0.3 is 20.2 Å². The van der Waals surface area contributed by atoms with Gasteiger partial charge in [0.2, 0.25) is 0 Å². The van der Waals surface area contributed by atoms with Crippen molar-refractivity contribution in [3.8, 4) is 0 Å². The lowest BCUT2D eigenvalue weighted by molar-refractivity contribution is -0.138. The molecule has 2 N–H and O–H groups in total. The number of nitrogens with one attached hydrogen (secondary N) is 1. The van der Waals surface area contributed by atoms with E-state index in [-0.39, 0.29) is 29.8 Å². The maximum atomic E-state index is 13.8. The van der Waals surface area contributed by atoms with E-state index in [0.717, 1.165) is 46.2 Å². The van der Waals surface area contributed by atoms with Crippen LogP contribution in [0.25, 0.3) is 0 Å². The summed E-state index contributed by atoms with van der Waals surface area (Å²) in [7, 11) is 0. The molecule has 1 aliphatic rings. The molecule has 0 saturated carbocycles. The number of carboxylic acid groups (broad SMARTS) is 1. The van der Waals surface area contributed by atoms with Gasteiger partial charge in [-0.05, 0) is 54.1 Å². The Kier molecular flexibility index (Phi) is 7.93. The van der Waals surface area contributed by atoms with Crippen molar-refractivity contribution in [3.05, 3.63) is 107 Å². The molecule has 12 heteroatoms. The normalized spacial score (nSPS) is 15.6. The highest BCUT2D eigenvalue weighted by Gasteiger charge is 2.44. The number of carbonyl (C=O) groups is 4. The Morgan fingerprint density at radius 1 is 0.795 bits per heavy atom. The van der Waals surface area contributed by atoms with Crippen molar-refractivity contribution >= 4 is 23.7 Å². The quantitative estimate of drug-likeness (QED) is 0.444. The molecule has 2 atom stereocenters. The zero-order valence-corrected chi connectivity index (χ0v) is 20.1. The molecule has 0 aliphatic carbocycles. The van der Waals surface area contributed by atoms with Crippen molar-refractivity contribution in [3.63, 3.8) is 0 Å². The number of carbonyl (C=O) groups excluding carboxylic acids is 3. The van der Waals surface area contributed by atoms with Crippen LogP contribution >= 0.6 is 0 Å². The molecule has 1 saturated heterocycles. The van der Waals surface area contributed by atoms with Crippen molar-refractivity contribution in [2.45, 2.75) is 18.6 Å². The second kappa shape index (κ2) is 11.3. The van der Waals surface area contributed by atoms with Crippen molar-refractivity contribution < 1.29 is 41.8 Å². The first-order valence-electron chi connectivity index (χ1n) is 11.7. The predicted octanol–water partition coefficient (Wildman–Crippen LogP) is 3.50. The van der Waals surface area contributed by atoms with Gasteiger partial charge in [0.1, 0.15) is 11.6 Å². The van der Waals surface area contributed by atoms with Crippen molar-refractivity contribution in [1.82, 2.24) is 15.1 Å². The molecule has 4 rings (SSSR count). The van der Waals surface area contributed by atoms with E-state index in [4.69, 9.17) is 0 Å². The summed E-state index contributed by atoms with van der Waals surface area (Å²) < 4.78 is 54.5. The summed E-state index contributed by atoms with van der Waals surface area (Å²) in [6.45, 7) is -0.375. The molecule has 0 aromatic heterocycles. The van der Waals surface area contributed by atoms with Gasteiger partial charge in [-0.3, -0.25) is 19.2 Å². The van der Waals surface area contributed by atoms with E-state index < -0.39 is 65.6 Å². The first kappa shape index (κ1) is 27.3. The Balaban J connectivity index is 1.70. The first-order valence-corrected chi connectivity index (χ1v) is 11.7. The molecule has 0 radical (unpaired) electrons. The smallest absolute Gasteiger partial charge is 0.305 e. The van der Waals surface area contributed by atoms with Gasteiger partial charge in [-0.15, -0.1) is 0 Å². The minimum absolute atomic E-state index is 0.115. The fourth-order valence-corrected chi connectivity index (χ4v) is 4.29. The zero-order valence-electron chi connectivity index (χ0n) is 20.1. The Hall–Kier alpha value is -4.74. The number of benzene rings is 3. The van der Waals surface area contributed by atoms with E-state index in [9.17, 15) is 41.8 Å². The second-order valence-corrected chi connectivity index (χ2v) is 8.72. The maximum Gasteiger partial charge on any atom is 0.305 e. The summed E-state index contributed by atoms with van der Waals surface area (Å²) in [6, 6.07) is 10.6. The van der Waals surface area contributed by atoms with E-state index in [1.165, 1.54) is 24.3 Å². The van der Waals surface area contributed by atoms with Crippen molar-refractivity contribution in [1.29, 1.82) is 0 Å². The summed E-state index contributed by atoms with van der Waals surface area (Å²) in [4.78, 5) is 53.6. The molecule has 3 amide bonds. The number of amides is 3. The van der Waals surface area contributed by atoms with Gasteiger partial charge in [0.15, 0.2) is 17.8 Å². The third-order valence-corrected chi connectivity index (χ3v) is 6.13. The van der Waals surface area contributed by atoms with Crippen LogP contribution in [0.2, 0.25) is 0 Å². The standard InChI is InChI=1S/C27H21F4N3O5/c28-18-7-4-15(5-8-18)22(14-23(35)36)32-24(37)25-33(26(38)16-2-1-3-19(29)12-16)10-11-34(25)27(39)17-6-9-20(30)21(31)13-17/h1-9,12-13,22,25H,10-11,14H2,(H,32,37)(H,35,36). The molecule has 1 fully saturated rings. The molecule has 2 unspecified atom stereocenters. The van der Waals surface area contributed by atoms with Crippen LogP contribution in [0.15, 0.2) is 66.7 Å². The Morgan fingerprint density at radius 2 is 1.41 bits per heavy atom. The van der Waals surface area contributed by atoms with Gasteiger partial charge in [-0.25, -0.2) is 17.6 Å². The molecule has 0 bridgehead atoms. The third kappa shape index (κ3) is 6.06. The minimum atomic E-state index is -1.65. The Morgan fingerprint density at radius 3 is 1.97 bits per heavy atom. The van der Waals surface area contributed by atoms with Crippen LogP contribution < -0.4 is 5.32 Å². The average molecular weight is 543 g/mol. The van der Waals surface area contributed by atoms with Crippen LogP contribution in [-0.2, 0) is 9.59 Å². The summed E-state index contributed by atoms with van der Waals surface area (Å²) in [6.07, 6.45) is -2.27. The fourth-order valence-electron chi connectivity index (χ4n) is 4.29. The number of aliphatic carboxylic acids is 1. The number of carboxylic acids is 1. The molecular formula is C27H21F4N3O5. The molecule has 39 heavy (non-hydrogen) atoms. The molecule has 8 nitrogen and oxygen atoms in total. The predicted molar refractivity (Wildman–Crippen MR) is 128 cm³/mol. The van der Waals surface area contributed by atoms with E-state index in [2.05, 4.69) is 5.32 Å². The molecule has 3 aromatic carbocycles. The maximum absolute atomic E-state index is 13.8. The van der Waals surface area contributed by atoms with Gasteiger partial charge in [0, 0.05) is 24.2 Å². The highest BCUT2D eigenvalue weighted by molar-refractivity contribution is 6.02. The van der Waals surface area contributed by atoms with Gasteiger partial charge in [-0.2, -0.15) is 0 Å². The lowest BCUT2D eigenvalue weighted by Crippen LogP contribution is -2.54. The van der Waals surface area contributed by atoms with Gasteiger partial charge in [-0.1, -0.05) is 18.2 Å². The highest BCUT2D eigenvalue weighted by Crippen LogP contribution is 2.25. The number of halogens is 4. The van der Waals surface area contributed by atoms with Crippen LogP contribution in [0.5, 0.6) is 0 Å². The fraction of sp³-hybridized carbons (Fsp3) is 0.185. The van der Waals surface area contributed by atoms with Crippen LogP contribution in [0, 0.1) is 23.3 Å². The van der Waals surface area contributed by atoms with E-state index in [1.807, 2.05) is 0 Å². The number of hydrogen-bond donors (Lipinski definition) is 2. The molecule has 0 spiro atoms. The summed E-state index contributed by atoms with van der Waals surface area (Å²) in [5.41, 5.74) is -0.172. The van der Waals surface area contributed by atoms with Crippen molar-refractivity contribution in [2.24, 2.45) is 0 Å². The minimum Gasteiger partial charge on any atom is -0.481 e.